The highest BCUT2D eigenvalue weighted by atomic mass is 35.5. The van der Waals surface area contributed by atoms with Crippen LogP contribution in [-0.2, 0) is 4.79 Å². The van der Waals surface area contributed by atoms with Gasteiger partial charge in [-0.25, -0.2) is 4.39 Å². The van der Waals surface area contributed by atoms with Gasteiger partial charge in [0.1, 0.15) is 11.6 Å². The first kappa shape index (κ1) is 15.1. The van der Waals surface area contributed by atoms with Crippen LogP contribution in [0.1, 0.15) is 32.6 Å². The van der Waals surface area contributed by atoms with Gasteiger partial charge >= 0.3 is 0 Å². The van der Waals surface area contributed by atoms with Crippen LogP contribution in [0.15, 0.2) is 18.2 Å². The fourth-order valence-electron chi connectivity index (χ4n) is 2.36. The molecule has 1 saturated heterocycles. The molecular formula is C15H19ClFNO2. The van der Waals surface area contributed by atoms with E-state index >= 15 is 0 Å². The lowest BCUT2D eigenvalue weighted by Gasteiger charge is -2.24. The standard InChI is InChI=1S/C15H19ClFNO2/c1-11(15(19)18-8-4-2-3-5-9-18)20-14-7-6-12(17)10-13(14)16/h6-7,10-11H,2-5,8-9H2,1H3. The molecule has 0 saturated carbocycles. The zero-order valence-electron chi connectivity index (χ0n) is 11.6. The first-order valence-corrected chi connectivity index (χ1v) is 7.36. The Morgan fingerprint density at radius 3 is 2.55 bits per heavy atom. The molecule has 3 nitrogen and oxygen atoms in total. The molecule has 1 aromatic carbocycles. The summed E-state index contributed by atoms with van der Waals surface area (Å²) in [6.07, 6.45) is 3.80. The number of amides is 1. The molecule has 0 spiro atoms. The molecule has 0 aromatic heterocycles. The predicted octanol–water partition coefficient (Wildman–Crippen LogP) is 3.65. The lowest BCUT2D eigenvalue weighted by molar-refractivity contribution is -0.137. The molecule has 1 heterocycles. The van der Waals surface area contributed by atoms with Crippen LogP contribution in [0, 0.1) is 5.82 Å². The largest absolute Gasteiger partial charge is 0.479 e. The predicted molar refractivity (Wildman–Crippen MR) is 76.5 cm³/mol. The van der Waals surface area contributed by atoms with E-state index in [-0.39, 0.29) is 10.9 Å². The van der Waals surface area contributed by atoms with Crippen LogP contribution in [0.25, 0.3) is 0 Å². The summed E-state index contributed by atoms with van der Waals surface area (Å²) in [6, 6.07) is 3.90. The SMILES string of the molecule is CC(Oc1ccc(F)cc1Cl)C(=O)N1CCCCCC1. The first-order valence-electron chi connectivity index (χ1n) is 6.98. The van der Waals surface area contributed by atoms with Gasteiger partial charge in [0, 0.05) is 13.1 Å². The normalized spacial score (nSPS) is 17.4. The lowest BCUT2D eigenvalue weighted by Crippen LogP contribution is -2.41. The second-order valence-corrected chi connectivity index (χ2v) is 5.48. The Hall–Kier alpha value is -1.29. The molecule has 1 amide bonds. The fourth-order valence-corrected chi connectivity index (χ4v) is 2.57. The summed E-state index contributed by atoms with van der Waals surface area (Å²) in [4.78, 5) is 14.2. The zero-order chi connectivity index (χ0) is 14.5. The van der Waals surface area contributed by atoms with Gasteiger partial charge in [-0.05, 0) is 38.0 Å². The van der Waals surface area contributed by atoms with E-state index in [1.54, 1.807) is 6.92 Å². The van der Waals surface area contributed by atoms with Crippen molar-refractivity contribution >= 4 is 17.5 Å². The van der Waals surface area contributed by atoms with Crippen molar-refractivity contribution in [2.24, 2.45) is 0 Å². The molecule has 0 N–H and O–H groups in total. The number of ether oxygens (including phenoxy) is 1. The second kappa shape index (κ2) is 6.93. The second-order valence-electron chi connectivity index (χ2n) is 5.07. The number of halogens is 2. The number of rotatable bonds is 3. The maximum atomic E-state index is 13.0. The molecule has 5 heteroatoms. The van der Waals surface area contributed by atoms with E-state index in [1.165, 1.54) is 31.0 Å². The summed E-state index contributed by atoms with van der Waals surface area (Å²) in [6.45, 7) is 3.26. The highest BCUT2D eigenvalue weighted by Crippen LogP contribution is 2.26. The molecule has 1 aromatic rings. The molecular weight excluding hydrogens is 281 g/mol. The van der Waals surface area contributed by atoms with Crippen molar-refractivity contribution in [2.75, 3.05) is 13.1 Å². The van der Waals surface area contributed by atoms with E-state index in [1.807, 2.05) is 4.90 Å². The third-order valence-electron chi connectivity index (χ3n) is 3.46. The van der Waals surface area contributed by atoms with Crippen molar-refractivity contribution < 1.29 is 13.9 Å². The maximum Gasteiger partial charge on any atom is 0.263 e. The third-order valence-corrected chi connectivity index (χ3v) is 3.76. The van der Waals surface area contributed by atoms with Gasteiger partial charge in [0.2, 0.25) is 0 Å². The average Bonchev–Trinajstić information content (AvgIpc) is 2.70. The van der Waals surface area contributed by atoms with Crippen LogP contribution in [0.3, 0.4) is 0 Å². The van der Waals surface area contributed by atoms with E-state index in [2.05, 4.69) is 0 Å². The van der Waals surface area contributed by atoms with Crippen LogP contribution in [0.2, 0.25) is 5.02 Å². The minimum atomic E-state index is -0.615. The third kappa shape index (κ3) is 3.85. The Labute approximate surface area is 123 Å². The molecule has 1 atom stereocenters. The summed E-state index contributed by atoms with van der Waals surface area (Å²) in [7, 11) is 0. The Kier molecular flexibility index (Phi) is 5.24. The van der Waals surface area contributed by atoms with Gasteiger partial charge in [-0.2, -0.15) is 0 Å². The molecule has 1 aliphatic heterocycles. The molecule has 1 fully saturated rings. The number of benzene rings is 1. The number of hydrogen-bond acceptors (Lipinski definition) is 2. The van der Waals surface area contributed by atoms with Gasteiger partial charge in [-0.1, -0.05) is 24.4 Å². The molecule has 1 aliphatic rings. The van der Waals surface area contributed by atoms with Crippen LogP contribution in [-0.4, -0.2) is 30.0 Å². The maximum absolute atomic E-state index is 13.0. The summed E-state index contributed by atoms with van der Waals surface area (Å²) in [5.41, 5.74) is 0. The van der Waals surface area contributed by atoms with E-state index in [9.17, 15) is 9.18 Å². The van der Waals surface area contributed by atoms with Gasteiger partial charge < -0.3 is 9.64 Å². The highest BCUT2D eigenvalue weighted by Gasteiger charge is 2.23. The number of carbonyl (C=O) groups is 1. The summed E-state index contributed by atoms with van der Waals surface area (Å²) >= 11 is 5.90. The average molecular weight is 300 g/mol. The number of hydrogen-bond donors (Lipinski definition) is 0. The topological polar surface area (TPSA) is 29.5 Å². The Morgan fingerprint density at radius 2 is 1.95 bits per heavy atom. The number of likely N-dealkylation sites (tertiary alicyclic amines) is 1. The van der Waals surface area contributed by atoms with Crippen LogP contribution in [0.5, 0.6) is 5.75 Å². The van der Waals surface area contributed by atoms with Crippen molar-refractivity contribution in [1.29, 1.82) is 0 Å². The van der Waals surface area contributed by atoms with Gasteiger partial charge in [0.15, 0.2) is 6.10 Å². The monoisotopic (exact) mass is 299 g/mol. The minimum absolute atomic E-state index is 0.0349. The number of carbonyl (C=O) groups excluding carboxylic acids is 1. The van der Waals surface area contributed by atoms with Gasteiger partial charge in [-0.3, -0.25) is 4.79 Å². The number of nitrogens with zero attached hydrogens (tertiary/aromatic N) is 1. The molecule has 0 aliphatic carbocycles. The van der Waals surface area contributed by atoms with Crippen molar-refractivity contribution in [3.8, 4) is 5.75 Å². The highest BCUT2D eigenvalue weighted by molar-refractivity contribution is 6.32. The fraction of sp³-hybridized carbons (Fsp3) is 0.533. The molecule has 1 unspecified atom stereocenters. The molecule has 110 valence electrons. The van der Waals surface area contributed by atoms with Crippen LogP contribution in [0.4, 0.5) is 4.39 Å². The summed E-state index contributed by atoms with van der Waals surface area (Å²) in [5.74, 6) is -0.120. The zero-order valence-corrected chi connectivity index (χ0v) is 12.3. The first-order chi connectivity index (χ1) is 9.58. The van der Waals surface area contributed by atoms with Crippen LogP contribution < -0.4 is 4.74 Å². The Balaban J connectivity index is 1.99. The minimum Gasteiger partial charge on any atom is -0.479 e. The van der Waals surface area contributed by atoms with E-state index < -0.39 is 11.9 Å². The van der Waals surface area contributed by atoms with Crippen molar-refractivity contribution in [1.82, 2.24) is 4.90 Å². The van der Waals surface area contributed by atoms with Crippen molar-refractivity contribution in [2.45, 2.75) is 38.7 Å². The van der Waals surface area contributed by atoms with Gasteiger partial charge in [0.25, 0.3) is 5.91 Å². The molecule has 0 bridgehead atoms. The molecule has 0 radical (unpaired) electrons. The molecule has 20 heavy (non-hydrogen) atoms. The quantitative estimate of drug-likeness (QED) is 0.852. The van der Waals surface area contributed by atoms with Gasteiger partial charge in [-0.15, -0.1) is 0 Å². The van der Waals surface area contributed by atoms with E-state index in [0.29, 0.717) is 5.75 Å². The van der Waals surface area contributed by atoms with E-state index in [4.69, 9.17) is 16.3 Å². The molecule has 2 rings (SSSR count). The lowest BCUT2D eigenvalue weighted by atomic mass is 10.2. The van der Waals surface area contributed by atoms with E-state index in [0.717, 1.165) is 25.9 Å². The Morgan fingerprint density at radius 1 is 1.30 bits per heavy atom. The van der Waals surface area contributed by atoms with Crippen LogP contribution >= 0.6 is 11.6 Å². The Bertz CT molecular complexity index is 473. The smallest absolute Gasteiger partial charge is 0.263 e. The van der Waals surface area contributed by atoms with Crippen molar-refractivity contribution in [3.63, 3.8) is 0 Å². The van der Waals surface area contributed by atoms with Gasteiger partial charge in [0.05, 0.1) is 5.02 Å². The summed E-state index contributed by atoms with van der Waals surface area (Å²) in [5, 5.41) is 0.181. The van der Waals surface area contributed by atoms with Crippen molar-refractivity contribution in [3.05, 3.63) is 29.0 Å². The summed E-state index contributed by atoms with van der Waals surface area (Å²) < 4.78 is 18.5.